The standard InChI is InChI=1S/C24H27N3O2/c1-17-10-11-20(14-18(17)2)23-15-21(26-29-23)24(28)25-16-22(27-12-6-7-13-27)19-8-4-3-5-9-19/h3-5,8-11,14-15,22H,6-7,12-13,16H2,1-2H3,(H,25,28)/t22-/m0/s1. The quantitative estimate of drug-likeness (QED) is 0.673. The van der Waals surface area contributed by atoms with E-state index >= 15 is 0 Å². The van der Waals surface area contributed by atoms with Crippen LogP contribution in [0.1, 0.15) is 46.1 Å². The maximum Gasteiger partial charge on any atom is 0.273 e. The minimum atomic E-state index is -0.205. The van der Waals surface area contributed by atoms with Crippen LogP contribution >= 0.6 is 0 Å². The Balaban J connectivity index is 1.46. The second-order valence-electron chi connectivity index (χ2n) is 7.76. The molecule has 0 radical (unpaired) electrons. The first-order chi connectivity index (χ1) is 14.1. The van der Waals surface area contributed by atoms with E-state index in [0.29, 0.717) is 18.0 Å². The summed E-state index contributed by atoms with van der Waals surface area (Å²) >= 11 is 0. The Bertz CT molecular complexity index is 975. The molecule has 2 aromatic carbocycles. The molecular weight excluding hydrogens is 362 g/mol. The highest BCUT2D eigenvalue weighted by Gasteiger charge is 2.24. The number of amides is 1. The van der Waals surface area contributed by atoms with Crippen LogP contribution in [0.4, 0.5) is 0 Å². The molecule has 1 atom stereocenters. The molecule has 0 saturated carbocycles. The lowest BCUT2D eigenvalue weighted by molar-refractivity contribution is 0.0929. The number of hydrogen-bond acceptors (Lipinski definition) is 4. The highest BCUT2D eigenvalue weighted by atomic mass is 16.5. The summed E-state index contributed by atoms with van der Waals surface area (Å²) in [6, 6.07) is 18.4. The van der Waals surface area contributed by atoms with Crippen LogP contribution in [0.25, 0.3) is 11.3 Å². The minimum absolute atomic E-state index is 0.175. The van der Waals surface area contributed by atoms with Gasteiger partial charge in [-0.2, -0.15) is 0 Å². The van der Waals surface area contributed by atoms with Crippen LogP contribution < -0.4 is 5.32 Å². The van der Waals surface area contributed by atoms with Crippen LogP contribution in [0.5, 0.6) is 0 Å². The van der Waals surface area contributed by atoms with Crippen molar-refractivity contribution in [2.75, 3.05) is 19.6 Å². The molecule has 3 aromatic rings. The molecule has 4 rings (SSSR count). The van der Waals surface area contributed by atoms with Crippen molar-refractivity contribution in [3.05, 3.63) is 77.0 Å². The van der Waals surface area contributed by atoms with Gasteiger partial charge >= 0.3 is 0 Å². The van der Waals surface area contributed by atoms with E-state index in [1.807, 2.05) is 30.3 Å². The van der Waals surface area contributed by atoms with Crippen LogP contribution in [0, 0.1) is 13.8 Å². The van der Waals surface area contributed by atoms with Gasteiger partial charge in [-0.15, -0.1) is 0 Å². The van der Waals surface area contributed by atoms with Gasteiger partial charge < -0.3 is 9.84 Å². The van der Waals surface area contributed by atoms with Crippen molar-refractivity contribution in [2.45, 2.75) is 32.7 Å². The summed E-state index contributed by atoms with van der Waals surface area (Å²) in [5, 5.41) is 7.05. The number of aryl methyl sites for hydroxylation is 2. The van der Waals surface area contributed by atoms with E-state index in [1.165, 1.54) is 29.5 Å². The third-order valence-corrected chi connectivity index (χ3v) is 5.76. The lowest BCUT2D eigenvalue weighted by Gasteiger charge is -2.28. The van der Waals surface area contributed by atoms with Crippen LogP contribution in [-0.4, -0.2) is 35.6 Å². The largest absolute Gasteiger partial charge is 0.355 e. The van der Waals surface area contributed by atoms with Crippen molar-refractivity contribution >= 4 is 5.91 Å². The lowest BCUT2D eigenvalue weighted by atomic mass is 10.0. The number of nitrogens with one attached hydrogen (secondary N) is 1. The van der Waals surface area contributed by atoms with Gasteiger partial charge in [-0.05, 0) is 62.5 Å². The average Bonchev–Trinajstić information content (AvgIpc) is 3.43. The lowest BCUT2D eigenvalue weighted by Crippen LogP contribution is -2.36. The Morgan fingerprint density at radius 2 is 1.83 bits per heavy atom. The van der Waals surface area contributed by atoms with Crippen molar-refractivity contribution in [3.63, 3.8) is 0 Å². The Kier molecular flexibility index (Phi) is 5.76. The van der Waals surface area contributed by atoms with Crippen LogP contribution in [0.2, 0.25) is 0 Å². The normalized spacial score (nSPS) is 15.4. The smallest absolute Gasteiger partial charge is 0.273 e. The molecule has 0 bridgehead atoms. The van der Waals surface area contributed by atoms with Crippen LogP contribution in [0.15, 0.2) is 59.1 Å². The molecule has 1 N–H and O–H groups in total. The predicted octanol–water partition coefficient (Wildman–Crippen LogP) is 4.53. The summed E-state index contributed by atoms with van der Waals surface area (Å²) in [7, 11) is 0. The Hall–Kier alpha value is -2.92. The zero-order chi connectivity index (χ0) is 20.2. The number of carbonyl (C=O) groups excluding carboxylic acids is 1. The molecule has 5 nitrogen and oxygen atoms in total. The first-order valence-electron chi connectivity index (χ1n) is 10.2. The molecule has 29 heavy (non-hydrogen) atoms. The SMILES string of the molecule is Cc1ccc(-c2cc(C(=O)NC[C@@H](c3ccccc3)N3CCCC3)no2)cc1C. The first kappa shape index (κ1) is 19.4. The minimum Gasteiger partial charge on any atom is -0.355 e. The second kappa shape index (κ2) is 8.62. The fraction of sp³-hybridized carbons (Fsp3) is 0.333. The number of nitrogens with zero attached hydrogens (tertiary/aromatic N) is 2. The maximum absolute atomic E-state index is 12.7. The molecular formula is C24H27N3O2. The molecule has 150 valence electrons. The van der Waals surface area contributed by atoms with E-state index in [2.05, 4.69) is 47.4 Å². The number of aromatic nitrogens is 1. The van der Waals surface area contributed by atoms with Gasteiger partial charge in [0.05, 0.1) is 6.04 Å². The molecule has 0 aliphatic carbocycles. The number of hydrogen-bond donors (Lipinski definition) is 1. The summed E-state index contributed by atoms with van der Waals surface area (Å²) in [5.74, 6) is 0.404. The van der Waals surface area contributed by atoms with Crippen molar-refractivity contribution in [1.29, 1.82) is 0 Å². The summed E-state index contributed by atoms with van der Waals surface area (Å²) < 4.78 is 5.44. The zero-order valence-corrected chi connectivity index (χ0v) is 17.0. The molecule has 1 saturated heterocycles. The molecule has 2 heterocycles. The van der Waals surface area contributed by atoms with Gasteiger partial charge in [0.1, 0.15) is 0 Å². The van der Waals surface area contributed by atoms with Gasteiger partial charge in [-0.1, -0.05) is 47.6 Å². The van der Waals surface area contributed by atoms with Crippen molar-refractivity contribution in [2.24, 2.45) is 0 Å². The molecule has 1 aliphatic heterocycles. The zero-order valence-electron chi connectivity index (χ0n) is 17.0. The summed E-state index contributed by atoms with van der Waals surface area (Å²) in [6.07, 6.45) is 2.42. The van der Waals surface area contributed by atoms with E-state index in [0.717, 1.165) is 18.7 Å². The summed E-state index contributed by atoms with van der Waals surface area (Å²) in [5.41, 5.74) is 4.87. The van der Waals surface area contributed by atoms with Gasteiger partial charge in [0, 0.05) is 18.2 Å². The van der Waals surface area contributed by atoms with Crippen molar-refractivity contribution in [3.8, 4) is 11.3 Å². The summed E-state index contributed by atoms with van der Waals surface area (Å²) in [6.45, 7) is 6.81. The first-order valence-corrected chi connectivity index (χ1v) is 10.2. The van der Waals surface area contributed by atoms with E-state index in [1.54, 1.807) is 6.07 Å². The fourth-order valence-electron chi connectivity index (χ4n) is 3.88. The fourth-order valence-corrected chi connectivity index (χ4v) is 3.88. The number of rotatable bonds is 6. The topological polar surface area (TPSA) is 58.4 Å². The van der Waals surface area contributed by atoms with Gasteiger partial charge in [0.2, 0.25) is 0 Å². The molecule has 1 fully saturated rings. The number of benzene rings is 2. The Morgan fingerprint density at radius 3 is 2.55 bits per heavy atom. The van der Waals surface area contributed by atoms with Crippen LogP contribution in [0.3, 0.4) is 0 Å². The van der Waals surface area contributed by atoms with Crippen molar-refractivity contribution in [1.82, 2.24) is 15.4 Å². The van der Waals surface area contributed by atoms with E-state index in [-0.39, 0.29) is 11.9 Å². The van der Waals surface area contributed by atoms with Crippen molar-refractivity contribution < 1.29 is 9.32 Å². The Morgan fingerprint density at radius 1 is 1.07 bits per heavy atom. The molecule has 1 aromatic heterocycles. The third kappa shape index (κ3) is 4.40. The number of carbonyl (C=O) groups is 1. The third-order valence-electron chi connectivity index (χ3n) is 5.76. The molecule has 1 aliphatic rings. The molecule has 5 heteroatoms. The van der Waals surface area contributed by atoms with E-state index in [9.17, 15) is 4.79 Å². The predicted molar refractivity (Wildman–Crippen MR) is 114 cm³/mol. The molecule has 0 spiro atoms. The maximum atomic E-state index is 12.7. The van der Waals surface area contributed by atoms with Crippen LogP contribution in [-0.2, 0) is 0 Å². The van der Waals surface area contributed by atoms with E-state index < -0.39 is 0 Å². The average molecular weight is 389 g/mol. The van der Waals surface area contributed by atoms with Gasteiger partial charge in [-0.3, -0.25) is 9.69 Å². The molecule has 0 unspecified atom stereocenters. The van der Waals surface area contributed by atoms with Gasteiger partial charge in [0.25, 0.3) is 5.91 Å². The highest BCUT2D eigenvalue weighted by molar-refractivity contribution is 5.93. The highest BCUT2D eigenvalue weighted by Crippen LogP contribution is 2.25. The van der Waals surface area contributed by atoms with Gasteiger partial charge in [0.15, 0.2) is 11.5 Å². The van der Waals surface area contributed by atoms with Gasteiger partial charge in [-0.25, -0.2) is 0 Å². The molecule has 1 amide bonds. The monoisotopic (exact) mass is 389 g/mol. The Labute approximate surface area is 171 Å². The second-order valence-corrected chi connectivity index (χ2v) is 7.76. The van der Waals surface area contributed by atoms with E-state index in [4.69, 9.17) is 4.52 Å². The number of likely N-dealkylation sites (tertiary alicyclic amines) is 1. The summed E-state index contributed by atoms with van der Waals surface area (Å²) in [4.78, 5) is 15.2.